The summed E-state index contributed by atoms with van der Waals surface area (Å²) in [6, 6.07) is 12.0. The lowest BCUT2D eigenvalue weighted by atomic mass is 10.1. The molecule has 0 saturated heterocycles. The summed E-state index contributed by atoms with van der Waals surface area (Å²) in [4.78, 5) is 0. The Bertz CT molecular complexity index is 594. The Morgan fingerprint density at radius 1 is 1.05 bits per heavy atom. The molecule has 5 nitrogen and oxygen atoms in total. The number of nitrogens with one attached hydrogen (secondary N) is 1. The molecule has 0 unspecified atom stereocenters. The van der Waals surface area contributed by atoms with E-state index in [0.717, 1.165) is 12.1 Å². The molecule has 0 aliphatic rings. The predicted octanol–water partition coefficient (Wildman–Crippen LogP) is 1.93. The van der Waals surface area contributed by atoms with E-state index >= 15 is 0 Å². The van der Waals surface area contributed by atoms with Gasteiger partial charge in [-0.25, -0.2) is 0 Å². The van der Waals surface area contributed by atoms with Gasteiger partial charge in [0.25, 0.3) is 0 Å². The summed E-state index contributed by atoms with van der Waals surface area (Å²) in [5.74, 6) is -0.132. The first-order valence-corrected chi connectivity index (χ1v) is 7.23. The molecule has 0 aliphatic carbocycles. The Hall–Kier alpha value is -2.24. The Morgan fingerprint density at radius 2 is 1.64 bits per heavy atom. The minimum atomic E-state index is -0.799. The lowest BCUT2D eigenvalue weighted by molar-refractivity contribution is 0.170. The highest BCUT2D eigenvalue weighted by atomic mass is 16.3. The predicted molar refractivity (Wildman–Crippen MR) is 86.8 cm³/mol. The van der Waals surface area contributed by atoms with Crippen molar-refractivity contribution in [3.05, 3.63) is 53.6 Å². The second-order valence-electron chi connectivity index (χ2n) is 5.55. The molecular formula is C17H22N2O3. The Morgan fingerprint density at radius 3 is 2.23 bits per heavy atom. The Balaban J connectivity index is 1.87. The molecule has 0 spiro atoms. The molecule has 2 aromatic carbocycles. The third-order valence-corrected chi connectivity index (χ3v) is 3.49. The first-order valence-electron chi connectivity index (χ1n) is 7.23. The highest BCUT2D eigenvalue weighted by molar-refractivity contribution is 5.39. The van der Waals surface area contributed by atoms with Gasteiger partial charge in [-0.1, -0.05) is 12.1 Å². The van der Waals surface area contributed by atoms with Crippen LogP contribution >= 0.6 is 0 Å². The molecule has 2 aromatic rings. The second-order valence-corrected chi connectivity index (χ2v) is 5.55. The van der Waals surface area contributed by atoms with E-state index in [9.17, 15) is 15.3 Å². The number of phenolic OH excluding ortho intramolecular Hbond substituents is 2. The molecule has 118 valence electrons. The molecule has 2 atom stereocenters. The van der Waals surface area contributed by atoms with Gasteiger partial charge in [0, 0.05) is 24.3 Å². The van der Waals surface area contributed by atoms with E-state index < -0.39 is 6.10 Å². The summed E-state index contributed by atoms with van der Waals surface area (Å²) in [7, 11) is 0. The minimum Gasteiger partial charge on any atom is -0.508 e. The maximum absolute atomic E-state index is 10.1. The average Bonchev–Trinajstić information content (AvgIpc) is 2.46. The monoisotopic (exact) mass is 302 g/mol. The van der Waals surface area contributed by atoms with Crippen molar-refractivity contribution in [2.45, 2.75) is 25.5 Å². The molecule has 0 heterocycles. The molecule has 0 radical (unpaired) electrons. The quantitative estimate of drug-likeness (QED) is 0.525. The molecule has 0 amide bonds. The number of aliphatic hydroxyl groups is 1. The Kier molecular flexibility index (Phi) is 5.25. The number of anilines is 1. The smallest absolute Gasteiger partial charge is 0.119 e. The molecule has 5 heteroatoms. The van der Waals surface area contributed by atoms with Gasteiger partial charge in [0.05, 0.1) is 6.10 Å². The van der Waals surface area contributed by atoms with E-state index in [4.69, 9.17) is 5.73 Å². The summed E-state index contributed by atoms with van der Waals surface area (Å²) >= 11 is 0. The number of phenols is 2. The standard InChI is InChI=1S/C17H22N2O3/c1-11(6-12-2-4-14(18)5-3-12)19-10-17(22)13-7-15(20)9-16(21)8-13/h2-5,7-9,11,17,19-22H,6,10,18H2,1H3/t11-,17+/m1/s1. The first kappa shape index (κ1) is 16.1. The third-order valence-electron chi connectivity index (χ3n) is 3.49. The molecule has 0 saturated carbocycles. The van der Waals surface area contributed by atoms with Gasteiger partial charge in [0.1, 0.15) is 11.5 Å². The summed E-state index contributed by atoms with van der Waals surface area (Å²) in [5, 5.41) is 32.2. The third kappa shape index (κ3) is 4.65. The van der Waals surface area contributed by atoms with E-state index in [1.807, 2.05) is 31.2 Å². The molecule has 22 heavy (non-hydrogen) atoms. The summed E-state index contributed by atoms with van der Waals surface area (Å²) in [6.07, 6.45) is 0.0186. The van der Waals surface area contributed by atoms with Crippen LogP contribution in [0.2, 0.25) is 0 Å². The number of rotatable bonds is 6. The highest BCUT2D eigenvalue weighted by Gasteiger charge is 2.12. The largest absolute Gasteiger partial charge is 0.508 e. The fraction of sp³-hybridized carbons (Fsp3) is 0.294. The van der Waals surface area contributed by atoms with Crippen LogP contribution in [0.3, 0.4) is 0 Å². The number of hydrogen-bond donors (Lipinski definition) is 5. The van der Waals surface area contributed by atoms with Gasteiger partial charge >= 0.3 is 0 Å². The van der Waals surface area contributed by atoms with Crippen LogP contribution in [0.5, 0.6) is 11.5 Å². The van der Waals surface area contributed by atoms with Crippen LogP contribution in [-0.4, -0.2) is 27.9 Å². The second kappa shape index (κ2) is 7.15. The van der Waals surface area contributed by atoms with Crippen molar-refractivity contribution < 1.29 is 15.3 Å². The van der Waals surface area contributed by atoms with Gasteiger partial charge in [-0.15, -0.1) is 0 Å². The van der Waals surface area contributed by atoms with Gasteiger partial charge in [-0.2, -0.15) is 0 Å². The molecule has 0 aliphatic heterocycles. The van der Waals surface area contributed by atoms with Crippen molar-refractivity contribution in [3.8, 4) is 11.5 Å². The number of nitrogens with two attached hydrogens (primary N) is 1. The maximum atomic E-state index is 10.1. The van der Waals surface area contributed by atoms with Crippen LogP contribution in [0.25, 0.3) is 0 Å². The van der Waals surface area contributed by atoms with Crippen LogP contribution in [0.15, 0.2) is 42.5 Å². The van der Waals surface area contributed by atoms with E-state index in [-0.39, 0.29) is 17.5 Å². The minimum absolute atomic E-state index is 0.0658. The number of hydrogen-bond acceptors (Lipinski definition) is 5. The van der Waals surface area contributed by atoms with Crippen molar-refractivity contribution in [1.29, 1.82) is 0 Å². The van der Waals surface area contributed by atoms with E-state index in [1.165, 1.54) is 23.8 Å². The molecule has 0 fully saturated rings. The van der Waals surface area contributed by atoms with Crippen molar-refractivity contribution in [1.82, 2.24) is 5.32 Å². The summed E-state index contributed by atoms with van der Waals surface area (Å²) in [6.45, 7) is 2.36. The van der Waals surface area contributed by atoms with Gasteiger partial charge in [0.15, 0.2) is 0 Å². The van der Waals surface area contributed by atoms with Gasteiger partial charge in [-0.3, -0.25) is 0 Å². The molecular weight excluding hydrogens is 280 g/mol. The lowest BCUT2D eigenvalue weighted by Crippen LogP contribution is -2.32. The number of nitrogen functional groups attached to an aromatic ring is 1. The van der Waals surface area contributed by atoms with Crippen molar-refractivity contribution in [2.24, 2.45) is 0 Å². The van der Waals surface area contributed by atoms with Crippen molar-refractivity contribution in [2.75, 3.05) is 12.3 Å². The zero-order valence-corrected chi connectivity index (χ0v) is 12.5. The Labute approximate surface area is 130 Å². The molecule has 6 N–H and O–H groups in total. The van der Waals surface area contributed by atoms with E-state index in [2.05, 4.69) is 5.32 Å². The SMILES string of the molecule is C[C@H](Cc1ccc(N)cc1)NC[C@H](O)c1cc(O)cc(O)c1. The summed E-state index contributed by atoms with van der Waals surface area (Å²) in [5.41, 5.74) is 8.04. The molecule has 0 aromatic heterocycles. The zero-order chi connectivity index (χ0) is 16.1. The van der Waals surface area contributed by atoms with Gasteiger partial charge < -0.3 is 26.4 Å². The number of aliphatic hydroxyl groups excluding tert-OH is 1. The lowest BCUT2D eigenvalue weighted by Gasteiger charge is -2.18. The number of benzene rings is 2. The zero-order valence-electron chi connectivity index (χ0n) is 12.5. The van der Waals surface area contributed by atoms with Crippen LogP contribution in [-0.2, 0) is 6.42 Å². The average molecular weight is 302 g/mol. The highest BCUT2D eigenvalue weighted by Crippen LogP contribution is 2.24. The normalized spacial score (nSPS) is 13.7. The number of aromatic hydroxyl groups is 2. The molecule has 2 rings (SSSR count). The van der Waals surface area contributed by atoms with Crippen LogP contribution < -0.4 is 11.1 Å². The van der Waals surface area contributed by atoms with Crippen LogP contribution in [0.4, 0.5) is 5.69 Å². The van der Waals surface area contributed by atoms with Gasteiger partial charge in [-0.05, 0) is 48.7 Å². The van der Waals surface area contributed by atoms with Crippen LogP contribution in [0.1, 0.15) is 24.2 Å². The van der Waals surface area contributed by atoms with Crippen LogP contribution in [0, 0.1) is 0 Å². The van der Waals surface area contributed by atoms with E-state index in [1.54, 1.807) is 0 Å². The van der Waals surface area contributed by atoms with Crippen molar-refractivity contribution in [3.63, 3.8) is 0 Å². The fourth-order valence-corrected chi connectivity index (χ4v) is 2.32. The molecule has 0 bridgehead atoms. The fourth-order valence-electron chi connectivity index (χ4n) is 2.32. The van der Waals surface area contributed by atoms with Crippen molar-refractivity contribution >= 4 is 5.69 Å². The topological polar surface area (TPSA) is 98.7 Å². The summed E-state index contributed by atoms with van der Waals surface area (Å²) < 4.78 is 0. The maximum Gasteiger partial charge on any atom is 0.119 e. The van der Waals surface area contributed by atoms with Gasteiger partial charge in [0.2, 0.25) is 0 Å². The first-order chi connectivity index (χ1) is 10.4. The van der Waals surface area contributed by atoms with E-state index in [0.29, 0.717) is 12.1 Å².